The van der Waals surface area contributed by atoms with Crippen LogP contribution in [-0.4, -0.2) is 23.7 Å². The zero-order valence-corrected chi connectivity index (χ0v) is 12.4. The van der Waals surface area contributed by atoms with Crippen LogP contribution >= 0.6 is 0 Å². The summed E-state index contributed by atoms with van der Waals surface area (Å²) in [4.78, 5) is 4.18. The van der Waals surface area contributed by atoms with E-state index in [0.29, 0.717) is 28.1 Å². The molecule has 0 aliphatic carbocycles. The second-order valence-electron chi connectivity index (χ2n) is 5.16. The highest BCUT2D eigenvalue weighted by Gasteiger charge is 2.16. The van der Waals surface area contributed by atoms with Crippen molar-refractivity contribution in [2.24, 2.45) is 0 Å². The van der Waals surface area contributed by atoms with Crippen molar-refractivity contribution in [3.8, 4) is 0 Å². The molecule has 0 bridgehead atoms. The van der Waals surface area contributed by atoms with E-state index >= 15 is 0 Å². The predicted octanol–water partition coefficient (Wildman–Crippen LogP) is 4.23. The zero-order valence-electron chi connectivity index (χ0n) is 12.4. The molecule has 0 unspecified atom stereocenters. The lowest BCUT2D eigenvalue weighted by molar-refractivity contribution is 0.163. The van der Waals surface area contributed by atoms with Crippen molar-refractivity contribution >= 4 is 22.4 Å². The van der Waals surface area contributed by atoms with E-state index in [9.17, 15) is 8.78 Å². The zero-order chi connectivity index (χ0) is 16.4. The molecule has 0 spiro atoms. The number of aromatic nitrogens is 1. The molecule has 0 amide bonds. The number of rotatable bonds is 5. The number of nitrogens with zero attached hydrogens (tertiary/aromatic N) is 1. The highest BCUT2D eigenvalue weighted by Crippen LogP contribution is 2.26. The molecule has 0 aliphatic heterocycles. The van der Waals surface area contributed by atoms with Crippen LogP contribution in [0.5, 0.6) is 0 Å². The molecule has 0 aliphatic rings. The van der Waals surface area contributed by atoms with Gasteiger partial charge in [-0.3, -0.25) is 10.4 Å². The fourth-order valence-electron chi connectivity index (χ4n) is 2.41. The Morgan fingerprint density at radius 3 is 2.87 bits per heavy atom. The Morgan fingerprint density at radius 2 is 2.09 bits per heavy atom. The van der Waals surface area contributed by atoms with Gasteiger partial charge in [0, 0.05) is 34.1 Å². The Kier molecular flexibility index (Phi) is 4.06. The molecule has 6 heteroatoms. The predicted molar refractivity (Wildman–Crippen MR) is 85.6 cm³/mol. The van der Waals surface area contributed by atoms with Crippen molar-refractivity contribution in [1.82, 2.24) is 4.98 Å². The first kappa shape index (κ1) is 15.1. The summed E-state index contributed by atoms with van der Waals surface area (Å²) in [5, 5.41) is 11.9. The van der Waals surface area contributed by atoms with E-state index in [4.69, 9.17) is 9.83 Å². The van der Waals surface area contributed by atoms with Gasteiger partial charge in [-0.1, -0.05) is 18.2 Å². The fourth-order valence-corrected chi connectivity index (χ4v) is 2.41. The monoisotopic (exact) mass is 315 g/mol. The first-order valence-corrected chi connectivity index (χ1v) is 7.10. The van der Waals surface area contributed by atoms with Crippen molar-refractivity contribution in [2.75, 3.05) is 11.9 Å². The summed E-state index contributed by atoms with van der Waals surface area (Å²) in [7, 11) is 0. The summed E-state index contributed by atoms with van der Waals surface area (Å²) in [6, 6.07) is 9.04. The summed E-state index contributed by atoms with van der Waals surface area (Å²) >= 11 is 0. The average Bonchev–Trinajstić information content (AvgIpc) is 2.96. The molecule has 2 aromatic heterocycles. The summed E-state index contributed by atoms with van der Waals surface area (Å²) in [6.45, 7) is 1.30. The topological polar surface area (TPSA) is 61.9 Å². The van der Waals surface area contributed by atoms with Gasteiger partial charge in [0.1, 0.15) is 11.8 Å². The number of alkyl halides is 2. The third-order valence-corrected chi connectivity index (χ3v) is 3.51. The number of pyridine rings is 1. The summed E-state index contributed by atoms with van der Waals surface area (Å²) < 4.78 is 30.4. The van der Waals surface area contributed by atoms with E-state index in [1.54, 1.807) is 13.0 Å². The van der Waals surface area contributed by atoms with Crippen molar-refractivity contribution in [2.45, 2.75) is 13.3 Å². The van der Waals surface area contributed by atoms with Gasteiger partial charge in [-0.15, -0.1) is 0 Å². The van der Waals surface area contributed by atoms with Gasteiger partial charge in [0.15, 0.2) is 0 Å². The van der Waals surface area contributed by atoms with E-state index in [0.717, 1.165) is 5.39 Å². The molecule has 0 fully saturated rings. The maximum absolute atomic E-state index is 12.5. The largest absolute Gasteiger partial charge is 0.464 e. The van der Waals surface area contributed by atoms with Crippen LogP contribution in [0.1, 0.15) is 16.8 Å². The van der Waals surface area contributed by atoms with Gasteiger partial charge in [0.05, 0.1) is 12.3 Å². The van der Waals surface area contributed by atoms with Crippen molar-refractivity contribution in [3.05, 3.63) is 59.6 Å². The summed E-state index contributed by atoms with van der Waals surface area (Å²) in [5.41, 5.74) is 3.08. The standard InChI is InChI=1S/C17H15F2N3O/c1-10-6-14(22-8-16(18)19)12(7-21-10)17(20)13-9-23-15-5-3-2-4-11(13)15/h2-7,9,16,20H,8H2,1H3,(H,21,22). The Bertz CT molecular complexity index is 858. The van der Waals surface area contributed by atoms with E-state index in [1.807, 2.05) is 24.3 Å². The Hall–Kier alpha value is -2.76. The second kappa shape index (κ2) is 6.16. The number of benzene rings is 1. The van der Waals surface area contributed by atoms with Crippen LogP contribution in [-0.2, 0) is 0 Å². The Morgan fingerprint density at radius 1 is 1.30 bits per heavy atom. The molecule has 2 heterocycles. The first-order valence-electron chi connectivity index (χ1n) is 7.10. The van der Waals surface area contributed by atoms with Crippen molar-refractivity contribution in [1.29, 1.82) is 5.41 Å². The van der Waals surface area contributed by atoms with E-state index in [-0.39, 0.29) is 5.71 Å². The summed E-state index contributed by atoms with van der Waals surface area (Å²) in [5.74, 6) is 0. The lowest BCUT2D eigenvalue weighted by Gasteiger charge is -2.12. The minimum Gasteiger partial charge on any atom is -0.464 e. The molecule has 3 aromatic rings. The number of para-hydroxylation sites is 1. The molecule has 4 nitrogen and oxygen atoms in total. The number of fused-ring (bicyclic) bond motifs is 1. The normalized spacial score (nSPS) is 11.1. The summed E-state index contributed by atoms with van der Waals surface area (Å²) in [6.07, 6.45) is 0.553. The van der Waals surface area contributed by atoms with Crippen LogP contribution in [0.15, 0.2) is 47.2 Å². The molecule has 0 saturated carbocycles. The quantitative estimate of drug-likeness (QED) is 0.693. The van der Waals surface area contributed by atoms with Gasteiger partial charge in [0.2, 0.25) is 0 Å². The van der Waals surface area contributed by atoms with Crippen LogP contribution in [0.3, 0.4) is 0 Å². The minimum absolute atomic E-state index is 0.180. The van der Waals surface area contributed by atoms with Crippen LogP contribution in [0.25, 0.3) is 11.0 Å². The van der Waals surface area contributed by atoms with Gasteiger partial charge in [-0.25, -0.2) is 8.78 Å². The van der Waals surface area contributed by atoms with E-state index < -0.39 is 13.0 Å². The second-order valence-corrected chi connectivity index (χ2v) is 5.16. The Balaban J connectivity index is 2.02. The fraction of sp³-hybridized carbons (Fsp3) is 0.176. The third-order valence-electron chi connectivity index (χ3n) is 3.51. The van der Waals surface area contributed by atoms with E-state index in [2.05, 4.69) is 10.3 Å². The molecule has 2 N–H and O–H groups in total. The molecular weight excluding hydrogens is 300 g/mol. The molecule has 3 rings (SSSR count). The van der Waals surface area contributed by atoms with Gasteiger partial charge >= 0.3 is 0 Å². The van der Waals surface area contributed by atoms with Gasteiger partial charge in [-0.2, -0.15) is 0 Å². The number of halogens is 2. The average molecular weight is 315 g/mol. The molecular formula is C17H15F2N3O. The van der Waals surface area contributed by atoms with Gasteiger partial charge in [0.25, 0.3) is 6.43 Å². The first-order chi connectivity index (χ1) is 11.1. The maximum Gasteiger partial charge on any atom is 0.255 e. The smallest absolute Gasteiger partial charge is 0.255 e. The Labute approximate surface area is 131 Å². The minimum atomic E-state index is -2.47. The molecule has 0 radical (unpaired) electrons. The molecule has 1 aromatic carbocycles. The lowest BCUT2D eigenvalue weighted by Crippen LogP contribution is -2.14. The molecule has 23 heavy (non-hydrogen) atoms. The van der Waals surface area contributed by atoms with Crippen molar-refractivity contribution in [3.63, 3.8) is 0 Å². The lowest BCUT2D eigenvalue weighted by atomic mass is 10.0. The molecule has 0 saturated heterocycles. The van der Waals surface area contributed by atoms with Crippen LogP contribution in [0, 0.1) is 12.3 Å². The highest BCUT2D eigenvalue weighted by molar-refractivity contribution is 6.19. The molecule has 0 atom stereocenters. The number of nitrogens with one attached hydrogen (secondary N) is 2. The van der Waals surface area contributed by atoms with Crippen LogP contribution < -0.4 is 5.32 Å². The SMILES string of the molecule is Cc1cc(NCC(F)F)c(C(=N)c2coc3ccccc23)cn1. The number of furan rings is 1. The van der Waals surface area contributed by atoms with Crippen LogP contribution in [0.4, 0.5) is 14.5 Å². The number of anilines is 1. The van der Waals surface area contributed by atoms with E-state index in [1.165, 1.54) is 12.5 Å². The van der Waals surface area contributed by atoms with Gasteiger partial charge in [-0.05, 0) is 19.1 Å². The van der Waals surface area contributed by atoms with Gasteiger partial charge < -0.3 is 9.73 Å². The number of hydrogen-bond acceptors (Lipinski definition) is 4. The number of hydrogen-bond donors (Lipinski definition) is 2. The third kappa shape index (κ3) is 3.06. The van der Waals surface area contributed by atoms with Crippen LogP contribution in [0.2, 0.25) is 0 Å². The maximum atomic E-state index is 12.5. The molecule has 118 valence electrons. The number of aryl methyl sites for hydroxylation is 1. The highest BCUT2D eigenvalue weighted by atomic mass is 19.3. The van der Waals surface area contributed by atoms with Crippen molar-refractivity contribution < 1.29 is 13.2 Å².